The molecule has 1 atom stereocenters. The SMILES string of the molecule is CCOC(=O)CC[C@]1(C(=O)OC)CCCC1=O. The van der Waals surface area contributed by atoms with Gasteiger partial charge in [-0.25, -0.2) is 0 Å². The number of ketones is 1. The van der Waals surface area contributed by atoms with Crippen LogP contribution in [0.4, 0.5) is 0 Å². The predicted octanol–water partition coefficient (Wildman–Crippen LogP) is 1.24. The topological polar surface area (TPSA) is 69.7 Å². The maximum Gasteiger partial charge on any atom is 0.319 e. The summed E-state index contributed by atoms with van der Waals surface area (Å²) in [5, 5.41) is 0. The first-order valence-electron chi connectivity index (χ1n) is 5.84. The molecule has 1 saturated carbocycles. The van der Waals surface area contributed by atoms with Gasteiger partial charge in [-0.3, -0.25) is 14.4 Å². The van der Waals surface area contributed by atoms with Crippen LogP contribution in [0.3, 0.4) is 0 Å². The third-order valence-corrected chi connectivity index (χ3v) is 3.18. The quantitative estimate of drug-likeness (QED) is 0.536. The Bertz CT molecular complexity index is 323. The highest BCUT2D eigenvalue weighted by Crippen LogP contribution is 2.40. The summed E-state index contributed by atoms with van der Waals surface area (Å²) in [5.74, 6) is -1.02. The van der Waals surface area contributed by atoms with Crippen molar-refractivity contribution in [3.8, 4) is 0 Å². The Labute approximate surface area is 100 Å². The minimum atomic E-state index is -1.11. The van der Waals surface area contributed by atoms with E-state index in [1.807, 2.05) is 0 Å². The van der Waals surface area contributed by atoms with E-state index in [9.17, 15) is 14.4 Å². The summed E-state index contributed by atoms with van der Waals surface area (Å²) in [6, 6.07) is 0. The smallest absolute Gasteiger partial charge is 0.319 e. The van der Waals surface area contributed by atoms with Gasteiger partial charge < -0.3 is 9.47 Å². The van der Waals surface area contributed by atoms with Crippen LogP contribution in [0.15, 0.2) is 0 Å². The molecule has 0 amide bonds. The summed E-state index contributed by atoms with van der Waals surface area (Å²) in [6.07, 6.45) is 1.80. The molecule has 17 heavy (non-hydrogen) atoms. The van der Waals surface area contributed by atoms with Gasteiger partial charge in [-0.1, -0.05) is 0 Å². The van der Waals surface area contributed by atoms with E-state index in [1.165, 1.54) is 7.11 Å². The van der Waals surface area contributed by atoms with Crippen LogP contribution in [-0.4, -0.2) is 31.4 Å². The zero-order chi connectivity index (χ0) is 12.9. The number of hydrogen-bond donors (Lipinski definition) is 0. The number of ether oxygens (including phenoxy) is 2. The van der Waals surface area contributed by atoms with Crippen molar-refractivity contribution in [2.75, 3.05) is 13.7 Å². The Morgan fingerprint density at radius 1 is 1.41 bits per heavy atom. The Morgan fingerprint density at radius 2 is 2.12 bits per heavy atom. The van der Waals surface area contributed by atoms with Crippen LogP contribution in [0.5, 0.6) is 0 Å². The molecule has 0 aliphatic heterocycles. The number of rotatable bonds is 5. The monoisotopic (exact) mass is 242 g/mol. The first-order chi connectivity index (χ1) is 8.06. The second-order valence-electron chi connectivity index (χ2n) is 4.16. The second-order valence-corrected chi connectivity index (χ2v) is 4.16. The molecule has 5 nitrogen and oxygen atoms in total. The maximum absolute atomic E-state index is 11.8. The van der Waals surface area contributed by atoms with E-state index < -0.39 is 11.4 Å². The molecule has 1 rings (SSSR count). The third-order valence-electron chi connectivity index (χ3n) is 3.18. The minimum Gasteiger partial charge on any atom is -0.468 e. The molecular weight excluding hydrogens is 224 g/mol. The fourth-order valence-electron chi connectivity index (χ4n) is 2.26. The number of Topliss-reactive ketones (excluding diaryl/α,β-unsaturated/α-hetero) is 1. The molecule has 0 saturated heterocycles. The standard InChI is InChI=1S/C12H18O5/c1-3-17-10(14)6-8-12(11(15)16-2)7-4-5-9(12)13/h3-8H2,1-2H3/t12-/m1/s1. The van der Waals surface area contributed by atoms with Crippen LogP contribution >= 0.6 is 0 Å². The van der Waals surface area contributed by atoms with E-state index >= 15 is 0 Å². The lowest BCUT2D eigenvalue weighted by atomic mass is 9.80. The van der Waals surface area contributed by atoms with Crippen LogP contribution in [-0.2, 0) is 23.9 Å². The Balaban J connectivity index is 2.69. The Morgan fingerprint density at radius 3 is 2.59 bits per heavy atom. The van der Waals surface area contributed by atoms with Gasteiger partial charge in [-0.05, 0) is 26.2 Å². The van der Waals surface area contributed by atoms with Gasteiger partial charge in [0.15, 0.2) is 0 Å². The molecule has 0 aromatic heterocycles. The van der Waals surface area contributed by atoms with Crippen molar-refractivity contribution in [3.05, 3.63) is 0 Å². The number of methoxy groups -OCH3 is 1. The van der Waals surface area contributed by atoms with E-state index in [0.29, 0.717) is 25.9 Å². The predicted molar refractivity (Wildman–Crippen MR) is 59.2 cm³/mol. The van der Waals surface area contributed by atoms with E-state index in [1.54, 1.807) is 6.92 Å². The lowest BCUT2D eigenvalue weighted by Crippen LogP contribution is -2.37. The van der Waals surface area contributed by atoms with E-state index in [2.05, 4.69) is 4.74 Å². The average molecular weight is 242 g/mol. The third kappa shape index (κ3) is 2.84. The molecule has 0 aromatic carbocycles. The molecule has 0 radical (unpaired) electrons. The normalized spacial score (nSPS) is 23.5. The molecule has 0 spiro atoms. The van der Waals surface area contributed by atoms with Crippen LogP contribution in [0.25, 0.3) is 0 Å². The fraction of sp³-hybridized carbons (Fsp3) is 0.750. The van der Waals surface area contributed by atoms with Gasteiger partial charge in [0.05, 0.1) is 13.7 Å². The number of carbonyl (C=O) groups is 3. The van der Waals surface area contributed by atoms with E-state index in [-0.39, 0.29) is 24.6 Å². The maximum atomic E-state index is 11.8. The van der Waals surface area contributed by atoms with Gasteiger partial charge in [-0.15, -0.1) is 0 Å². The first-order valence-corrected chi connectivity index (χ1v) is 5.84. The average Bonchev–Trinajstić information content (AvgIpc) is 2.68. The van der Waals surface area contributed by atoms with Crippen molar-refractivity contribution in [3.63, 3.8) is 0 Å². The lowest BCUT2D eigenvalue weighted by molar-refractivity contribution is -0.157. The van der Waals surface area contributed by atoms with Crippen LogP contribution < -0.4 is 0 Å². The Hall–Kier alpha value is -1.39. The largest absolute Gasteiger partial charge is 0.468 e. The highest BCUT2D eigenvalue weighted by atomic mass is 16.5. The molecule has 1 aliphatic carbocycles. The molecular formula is C12H18O5. The van der Waals surface area contributed by atoms with Gasteiger partial charge in [0.1, 0.15) is 11.2 Å². The van der Waals surface area contributed by atoms with Crippen LogP contribution in [0.2, 0.25) is 0 Å². The molecule has 0 bridgehead atoms. The van der Waals surface area contributed by atoms with Crippen LogP contribution in [0.1, 0.15) is 39.0 Å². The number of carbonyl (C=O) groups excluding carboxylic acids is 3. The van der Waals surface area contributed by atoms with Crippen molar-refractivity contribution in [2.45, 2.75) is 39.0 Å². The second kappa shape index (κ2) is 5.80. The van der Waals surface area contributed by atoms with Gasteiger partial charge in [0.2, 0.25) is 0 Å². The fourth-order valence-corrected chi connectivity index (χ4v) is 2.26. The molecule has 0 heterocycles. The van der Waals surface area contributed by atoms with Crippen molar-refractivity contribution in [1.82, 2.24) is 0 Å². The van der Waals surface area contributed by atoms with Gasteiger partial charge in [-0.2, -0.15) is 0 Å². The molecule has 1 fully saturated rings. The summed E-state index contributed by atoms with van der Waals surface area (Å²) in [5.41, 5.74) is -1.11. The Kier molecular flexibility index (Phi) is 4.66. The molecule has 0 N–H and O–H groups in total. The minimum absolute atomic E-state index is 0.0781. The zero-order valence-electron chi connectivity index (χ0n) is 10.3. The van der Waals surface area contributed by atoms with Crippen molar-refractivity contribution < 1.29 is 23.9 Å². The molecule has 1 aliphatic rings. The highest BCUT2D eigenvalue weighted by Gasteiger charge is 2.49. The van der Waals surface area contributed by atoms with Gasteiger partial charge >= 0.3 is 11.9 Å². The van der Waals surface area contributed by atoms with Gasteiger partial charge in [0, 0.05) is 12.8 Å². The van der Waals surface area contributed by atoms with E-state index in [0.717, 1.165) is 0 Å². The van der Waals surface area contributed by atoms with Crippen molar-refractivity contribution in [2.24, 2.45) is 5.41 Å². The lowest BCUT2D eigenvalue weighted by Gasteiger charge is -2.23. The summed E-state index contributed by atoms with van der Waals surface area (Å²) in [4.78, 5) is 34.8. The summed E-state index contributed by atoms with van der Waals surface area (Å²) >= 11 is 0. The van der Waals surface area contributed by atoms with Crippen LogP contribution in [0, 0.1) is 5.41 Å². The van der Waals surface area contributed by atoms with Crippen molar-refractivity contribution in [1.29, 1.82) is 0 Å². The molecule has 96 valence electrons. The summed E-state index contributed by atoms with van der Waals surface area (Å²) in [6.45, 7) is 2.02. The summed E-state index contributed by atoms with van der Waals surface area (Å²) < 4.78 is 9.48. The first kappa shape index (κ1) is 13.7. The zero-order valence-corrected chi connectivity index (χ0v) is 10.3. The summed E-state index contributed by atoms with van der Waals surface area (Å²) in [7, 11) is 1.26. The van der Waals surface area contributed by atoms with Gasteiger partial charge in [0.25, 0.3) is 0 Å². The number of hydrogen-bond acceptors (Lipinski definition) is 5. The molecule has 5 heteroatoms. The van der Waals surface area contributed by atoms with Crippen molar-refractivity contribution >= 4 is 17.7 Å². The van der Waals surface area contributed by atoms with E-state index in [4.69, 9.17) is 4.74 Å². The highest BCUT2D eigenvalue weighted by molar-refractivity contribution is 6.05. The molecule has 0 aromatic rings. The number of esters is 2. The molecule has 0 unspecified atom stereocenters.